The van der Waals surface area contributed by atoms with Gasteiger partial charge in [-0.2, -0.15) is 0 Å². The number of hydrogen-bond acceptors (Lipinski definition) is 4. The van der Waals surface area contributed by atoms with Crippen molar-refractivity contribution in [2.24, 2.45) is 0 Å². The van der Waals surface area contributed by atoms with Gasteiger partial charge in [0.2, 0.25) is 0 Å². The fraction of sp³-hybridized carbons (Fsp3) is 0.278. The predicted octanol–water partition coefficient (Wildman–Crippen LogP) is 2.76. The van der Waals surface area contributed by atoms with Gasteiger partial charge in [-0.05, 0) is 55.7 Å². The van der Waals surface area contributed by atoms with E-state index in [1.54, 1.807) is 36.5 Å². The third kappa shape index (κ3) is 3.97. The van der Waals surface area contributed by atoms with Crippen LogP contribution in [0.15, 0.2) is 42.6 Å². The van der Waals surface area contributed by atoms with Gasteiger partial charge in [0.15, 0.2) is 0 Å². The van der Waals surface area contributed by atoms with Crippen LogP contribution in [0.25, 0.3) is 0 Å². The molecule has 0 aliphatic carbocycles. The van der Waals surface area contributed by atoms with Gasteiger partial charge in [-0.25, -0.2) is 4.98 Å². The van der Waals surface area contributed by atoms with Crippen molar-refractivity contribution < 1.29 is 14.3 Å². The zero-order valence-electron chi connectivity index (χ0n) is 13.4. The van der Waals surface area contributed by atoms with Gasteiger partial charge in [-0.3, -0.25) is 9.59 Å². The zero-order valence-corrected chi connectivity index (χ0v) is 13.4. The van der Waals surface area contributed by atoms with E-state index in [1.165, 1.54) is 0 Å². The van der Waals surface area contributed by atoms with Crippen LogP contribution >= 0.6 is 0 Å². The molecule has 6 nitrogen and oxygen atoms in total. The van der Waals surface area contributed by atoms with Crippen LogP contribution in [0.3, 0.4) is 0 Å². The molecule has 1 aromatic heterocycles. The van der Waals surface area contributed by atoms with Crippen molar-refractivity contribution in [3.05, 3.63) is 53.7 Å². The summed E-state index contributed by atoms with van der Waals surface area (Å²) in [4.78, 5) is 28.5. The summed E-state index contributed by atoms with van der Waals surface area (Å²) in [5.41, 5.74) is 2.03. The van der Waals surface area contributed by atoms with Crippen LogP contribution < -0.4 is 10.6 Å². The molecule has 2 N–H and O–H groups in total. The van der Waals surface area contributed by atoms with Gasteiger partial charge in [0.05, 0.1) is 0 Å². The molecule has 3 rings (SSSR count). The molecule has 0 saturated carbocycles. The molecule has 1 saturated heterocycles. The summed E-state index contributed by atoms with van der Waals surface area (Å²) in [6, 6.07) is 10.4. The minimum atomic E-state index is -0.404. The molecule has 124 valence electrons. The van der Waals surface area contributed by atoms with Crippen molar-refractivity contribution in [2.75, 3.05) is 17.2 Å². The Hall–Kier alpha value is -2.73. The number of anilines is 2. The lowest BCUT2D eigenvalue weighted by Crippen LogP contribution is -2.27. The minimum absolute atomic E-state index is 0.176. The molecular formula is C18H19N3O3. The van der Waals surface area contributed by atoms with E-state index in [2.05, 4.69) is 15.6 Å². The molecule has 6 heteroatoms. The predicted molar refractivity (Wildman–Crippen MR) is 91.0 cm³/mol. The molecule has 2 heterocycles. The second kappa shape index (κ2) is 7.23. The average molecular weight is 325 g/mol. The maximum Gasteiger partial charge on any atom is 0.256 e. The highest BCUT2D eigenvalue weighted by Crippen LogP contribution is 2.17. The zero-order chi connectivity index (χ0) is 16.9. The van der Waals surface area contributed by atoms with Crippen LogP contribution in [0, 0.1) is 6.92 Å². The van der Waals surface area contributed by atoms with Gasteiger partial charge in [0, 0.05) is 24.1 Å². The number of hydrogen-bond donors (Lipinski definition) is 2. The minimum Gasteiger partial charge on any atom is -0.368 e. The highest BCUT2D eigenvalue weighted by Gasteiger charge is 2.23. The van der Waals surface area contributed by atoms with Crippen LogP contribution in [0.5, 0.6) is 0 Å². The maximum atomic E-state index is 12.3. The van der Waals surface area contributed by atoms with Gasteiger partial charge >= 0.3 is 0 Å². The third-order valence-corrected chi connectivity index (χ3v) is 3.77. The van der Waals surface area contributed by atoms with E-state index in [1.807, 2.05) is 13.0 Å². The Kier molecular flexibility index (Phi) is 4.86. The fourth-order valence-electron chi connectivity index (χ4n) is 2.54. The van der Waals surface area contributed by atoms with Crippen molar-refractivity contribution >= 4 is 23.3 Å². The lowest BCUT2D eigenvalue weighted by atomic mass is 10.1. The molecule has 0 bridgehead atoms. The van der Waals surface area contributed by atoms with Crippen molar-refractivity contribution in [3.8, 4) is 0 Å². The van der Waals surface area contributed by atoms with E-state index in [0.29, 0.717) is 23.7 Å². The number of carbonyl (C=O) groups excluding carboxylic acids is 2. The van der Waals surface area contributed by atoms with E-state index < -0.39 is 6.10 Å². The van der Waals surface area contributed by atoms with E-state index in [-0.39, 0.29) is 11.8 Å². The molecule has 1 unspecified atom stereocenters. The first-order chi connectivity index (χ1) is 11.6. The first-order valence-corrected chi connectivity index (χ1v) is 7.88. The number of nitrogens with zero attached hydrogens (tertiary/aromatic N) is 1. The summed E-state index contributed by atoms with van der Waals surface area (Å²) < 4.78 is 5.36. The standard InChI is InChI=1S/C18H19N3O3/c1-12-7-8-19-16(10-12)21-17(22)13-4-2-5-14(11-13)20-18(23)15-6-3-9-24-15/h2,4-5,7-8,10-11,15H,3,6,9H2,1H3,(H,20,23)(H,19,21,22). The van der Waals surface area contributed by atoms with Crippen molar-refractivity contribution in [1.82, 2.24) is 4.98 Å². The lowest BCUT2D eigenvalue weighted by Gasteiger charge is -2.11. The molecule has 2 amide bonds. The average Bonchev–Trinajstić information content (AvgIpc) is 3.10. The Labute approximate surface area is 140 Å². The lowest BCUT2D eigenvalue weighted by molar-refractivity contribution is -0.124. The van der Waals surface area contributed by atoms with Crippen LogP contribution in [-0.4, -0.2) is 29.5 Å². The molecule has 0 radical (unpaired) electrons. The summed E-state index contributed by atoms with van der Waals surface area (Å²) in [5.74, 6) is 0.0421. The Bertz CT molecular complexity index is 755. The van der Waals surface area contributed by atoms with Crippen molar-refractivity contribution in [1.29, 1.82) is 0 Å². The number of rotatable bonds is 4. The summed E-state index contributed by atoms with van der Waals surface area (Å²) in [6.45, 7) is 2.54. The number of benzene rings is 1. The number of carbonyl (C=O) groups is 2. The van der Waals surface area contributed by atoms with E-state index in [4.69, 9.17) is 4.74 Å². The molecule has 24 heavy (non-hydrogen) atoms. The van der Waals surface area contributed by atoms with Gasteiger partial charge in [0.1, 0.15) is 11.9 Å². The Balaban J connectivity index is 1.67. The van der Waals surface area contributed by atoms with E-state index in [0.717, 1.165) is 18.4 Å². The van der Waals surface area contributed by atoms with Gasteiger partial charge in [-0.15, -0.1) is 0 Å². The maximum absolute atomic E-state index is 12.3. The molecule has 0 spiro atoms. The first-order valence-electron chi connectivity index (χ1n) is 7.88. The number of nitrogens with one attached hydrogen (secondary N) is 2. The highest BCUT2D eigenvalue weighted by atomic mass is 16.5. The SMILES string of the molecule is Cc1ccnc(NC(=O)c2cccc(NC(=O)C3CCCO3)c2)c1. The van der Waals surface area contributed by atoms with Crippen LogP contribution in [0.4, 0.5) is 11.5 Å². The molecule has 1 aliphatic heterocycles. The molecule has 2 aromatic rings. The summed E-state index contributed by atoms with van der Waals surface area (Å²) in [6.07, 6.45) is 2.86. The van der Waals surface area contributed by atoms with Crippen LogP contribution in [-0.2, 0) is 9.53 Å². The van der Waals surface area contributed by atoms with E-state index in [9.17, 15) is 9.59 Å². The highest BCUT2D eigenvalue weighted by molar-refractivity contribution is 6.05. The van der Waals surface area contributed by atoms with Crippen molar-refractivity contribution in [3.63, 3.8) is 0 Å². The van der Waals surface area contributed by atoms with Crippen LogP contribution in [0.2, 0.25) is 0 Å². The molecule has 1 fully saturated rings. The molecule has 1 aromatic carbocycles. The quantitative estimate of drug-likeness (QED) is 0.906. The Morgan fingerprint density at radius 2 is 2.08 bits per heavy atom. The largest absolute Gasteiger partial charge is 0.368 e. The molecule has 1 atom stereocenters. The second-order valence-corrected chi connectivity index (χ2v) is 5.74. The second-order valence-electron chi connectivity index (χ2n) is 5.74. The molecular weight excluding hydrogens is 306 g/mol. The first kappa shape index (κ1) is 16.1. The fourth-order valence-corrected chi connectivity index (χ4v) is 2.54. The topological polar surface area (TPSA) is 80.3 Å². The molecule has 1 aliphatic rings. The number of ether oxygens (including phenoxy) is 1. The number of aromatic nitrogens is 1. The number of amides is 2. The summed E-state index contributed by atoms with van der Waals surface area (Å²) >= 11 is 0. The van der Waals surface area contributed by atoms with Gasteiger partial charge in [0.25, 0.3) is 11.8 Å². The third-order valence-electron chi connectivity index (χ3n) is 3.77. The Morgan fingerprint density at radius 1 is 1.21 bits per heavy atom. The summed E-state index contributed by atoms with van der Waals surface area (Å²) in [7, 11) is 0. The summed E-state index contributed by atoms with van der Waals surface area (Å²) in [5, 5.41) is 5.54. The van der Waals surface area contributed by atoms with Gasteiger partial charge < -0.3 is 15.4 Å². The number of pyridine rings is 1. The number of aryl methyl sites for hydroxylation is 1. The monoisotopic (exact) mass is 325 g/mol. The van der Waals surface area contributed by atoms with Crippen LogP contribution in [0.1, 0.15) is 28.8 Å². The van der Waals surface area contributed by atoms with Gasteiger partial charge in [-0.1, -0.05) is 6.07 Å². The van der Waals surface area contributed by atoms with Crippen molar-refractivity contribution in [2.45, 2.75) is 25.9 Å². The smallest absolute Gasteiger partial charge is 0.256 e. The Morgan fingerprint density at radius 3 is 2.83 bits per heavy atom. The normalized spacial score (nSPS) is 16.6. The van der Waals surface area contributed by atoms with E-state index >= 15 is 0 Å².